The predicted octanol–water partition coefficient (Wildman–Crippen LogP) is 4.40. The molecule has 2 rings (SSSR count). The third-order valence-electron chi connectivity index (χ3n) is 4.14. The second-order valence-corrected chi connectivity index (χ2v) is 7.41. The second-order valence-electron chi connectivity index (χ2n) is 6.63. The van der Waals surface area contributed by atoms with Crippen LogP contribution in [0.15, 0.2) is 11.2 Å². The lowest BCUT2D eigenvalue weighted by atomic mass is 9.75. The van der Waals surface area contributed by atoms with Crippen molar-refractivity contribution in [1.29, 1.82) is 0 Å². The van der Waals surface area contributed by atoms with Gasteiger partial charge in [0.25, 0.3) is 0 Å². The molecular weight excluding hydrogens is 280 g/mol. The molecule has 1 aromatic rings. The first kappa shape index (κ1) is 16.4. The van der Waals surface area contributed by atoms with Crippen LogP contribution >= 0.6 is 11.8 Å². The van der Waals surface area contributed by atoms with E-state index >= 15 is 0 Å². The molecule has 1 aromatic heterocycles. The highest BCUT2D eigenvalue weighted by Crippen LogP contribution is 2.36. The van der Waals surface area contributed by atoms with Crippen molar-refractivity contribution >= 4 is 23.4 Å². The molecule has 0 aromatic carbocycles. The summed E-state index contributed by atoms with van der Waals surface area (Å²) in [7, 11) is 0. The molecule has 0 bridgehead atoms. The quantitative estimate of drug-likeness (QED) is 0.602. The Kier molecular flexibility index (Phi) is 5.73. The predicted molar refractivity (Wildman–Crippen MR) is 92.3 cm³/mol. The minimum absolute atomic E-state index is 0.502. The van der Waals surface area contributed by atoms with Gasteiger partial charge in [-0.2, -0.15) is 0 Å². The minimum Gasteiger partial charge on any atom is -0.370 e. The molecular formula is C16H28N4S. The summed E-state index contributed by atoms with van der Waals surface area (Å²) < 4.78 is 0. The number of anilines is 2. The monoisotopic (exact) mass is 308 g/mol. The molecule has 118 valence electrons. The van der Waals surface area contributed by atoms with Gasteiger partial charge in [-0.1, -0.05) is 32.5 Å². The molecule has 1 heterocycles. The van der Waals surface area contributed by atoms with Crippen LogP contribution < -0.4 is 10.6 Å². The molecule has 1 fully saturated rings. The van der Waals surface area contributed by atoms with Gasteiger partial charge in [0.15, 0.2) is 5.16 Å². The highest BCUT2D eigenvalue weighted by atomic mass is 32.2. The lowest BCUT2D eigenvalue weighted by Gasteiger charge is -2.34. The number of hydrogen-bond acceptors (Lipinski definition) is 5. The Morgan fingerprint density at radius 2 is 1.90 bits per heavy atom. The summed E-state index contributed by atoms with van der Waals surface area (Å²) in [5.41, 5.74) is 0.502. The van der Waals surface area contributed by atoms with Crippen molar-refractivity contribution in [2.75, 3.05) is 23.4 Å². The topological polar surface area (TPSA) is 49.8 Å². The average Bonchev–Trinajstić information content (AvgIpc) is 2.47. The van der Waals surface area contributed by atoms with Crippen molar-refractivity contribution in [1.82, 2.24) is 9.97 Å². The molecule has 1 saturated carbocycles. The molecule has 1 aliphatic carbocycles. The Labute approximate surface area is 132 Å². The van der Waals surface area contributed by atoms with Crippen molar-refractivity contribution in [2.24, 2.45) is 5.41 Å². The van der Waals surface area contributed by atoms with Crippen LogP contribution in [0.2, 0.25) is 0 Å². The van der Waals surface area contributed by atoms with E-state index in [4.69, 9.17) is 0 Å². The van der Waals surface area contributed by atoms with Gasteiger partial charge in [0.05, 0.1) is 0 Å². The number of hydrogen-bond donors (Lipinski definition) is 2. The molecule has 0 atom stereocenters. The third kappa shape index (κ3) is 5.06. The zero-order chi connectivity index (χ0) is 15.3. The number of aromatic nitrogens is 2. The van der Waals surface area contributed by atoms with Gasteiger partial charge in [-0.05, 0) is 43.8 Å². The lowest BCUT2D eigenvalue weighted by Crippen LogP contribution is -2.30. The highest BCUT2D eigenvalue weighted by molar-refractivity contribution is 7.98. The van der Waals surface area contributed by atoms with E-state index in [9.17, 15) is 0 Å². The number of thioether (sulfide) groups is 1. The fourth-order valence-corrected chi connectivity index (χ4v) is 3.07. The van der Waals surface area contributed by atoms with Gasteiger partial charge in [-0.3, -0.25) is 0 Å². The van der Waals surface area contributed by atoms with Crippen molar-refractivity contribution in [2.45, 2.75) is 64.1 Å². The van der Waals surface area contributed by atoms with Gasteiger partial charge in [-0.25, -0.2) is 9.97 Å². The van der Waals surface area contributed by atoms with Gasteiger partial charge >= 0.3 is 0 Å². The van der Waals surface area contributed by atoms with Gasteiger partial charge in [-0.15, -0.1) is 0 Å². The van der Waals surface area contributed by atoms with Gasteiger partial charge < -0.3 is 10.6 Å². The molecule has 4 nitrogen and oxygen atoms in total. The van der Waals surface area contributed by atoms with E-state index in [1.807, 2.05) is 12.3 Å². The van der Waals surface area contributed by atoms with E-state index in [1.165, 1.54) is 25.7 Å². The van der Waals surface area contributed by atoms with Crippen molar-refractivity contribution in [3.63, 3.8) is 0 Å². The zero-order valence-electron chi connectivity index (χ0n) is 13.7. The second kappa shape index (κ2) is 7.34. The number of nitrogens with zero attached hydrogens (tertiary/aromatic N) is 2. The zero-order valence-corrected chi connectivity index (χ0v) is 14.5. The lowest BCUT2D eigenvalue weighted by molar-refractivity contribution is 0.232. The van der Waals surface area contributed by atoms with Crippen LogP contribution in [0.1, 0.15) is 52.9 Å². The molecule has 5 heteroatoms. The number of nitrogens with one attached hydrogen (secondary N) is 2. The fraction of sp³-hybridized carbons (Fsp3) is 0.750. The van der Waals surface area contributed by atoms with Crippen LogP contribution in [0.25, 0.3) is 0 Å². The van der Waals surface area contributed by atoms with E-state index in [0.717, 1.165) is 29.8 Å². The summed E-state index contributed by atoms with van der Waals surface area (Å²) in [5.74, 6) is 1.88. The minimum atomic E-state index is 0.502. The normalized spacial score (nSPS) is 18.5. The van der Waals surface area contributed by atoms with Gasteiger partial charge in [0, 0.05) is 18.7 Å². The molecule has 1 aliphatic rings. The number of rotatable bonds is 6. The van der Waals surface area contributed by atoms with E-state index in [0.29, 0.717) is 11.5 Å². The summed E-state index contributed by atoms with van der Waals surface area (Å²) >= 11 is 1.59. The summed E-state index contributed by atoms with van der Waals surface area (Å²) in [6.45, 7) is 7.84. The Morgan fingerprint density at radius 1 is 1.24 bits per heavy atom. The SMILES string of the molecule is CCCNc1cc(NC2CCC(C)(C)CC2)nc(SC)n1. The van der Waals surface area contributed by atoms with Crippen LogP contribution in [-0.4, -0.2) is 28.8 Å². The Hall–Kier alpha value is -0.970. The Morgan fingerprint density at radius 3 is 2.52 bits per heavy atom. The van der Waals surface area contributed by atoms with Crippen LogP contribution in [0, 0.1) is 5.41 Å². The maximum Gasteiger partial charge on any atom is 0.191 e. The summed E-state index contributed by atoms with van der Waals surface area (Å²) in [5, 5.41) is 7.79. The molecule has 0 unspecified atom stereocenters. The van der Waals surface area contributed by atoms with Crippen LogP contribution in [0.4, 0.5) is 11.6 Å². The standard InChI is InChI=1S/C16H28N4S/c1-5-10-17-13-11-14(20-15(19-13)21-4)18-12-6-8-16(2,3)9-7-12/h11-12H,5-10H2,1-4H3,(H2,17,18,19,20). The molecule has 0 amide bonds. The fourth-order valence-electron chi connectivity index (χ4n) is 2.69. The van der Waals surface area contributed by atoms with E-state index in [1.54, 1.807) is 11.8 Å². The van der Waals surface area contributed by atoms with Crippen molar-refractivity contribution in [3.05, 3.63) is 6.07 Å². The summed E-state index contributed by atoms with van der Waals surface area (Å²) in [6.07, 6.45) is 8.13. The maximum absolute atomic E-state index is 4.59. The van der Waals surface area contributed by atoms with Crippen molar-refractivity contribution in [3.8, 4) is 0 Å². The van der Waals surface area contributed by atoms with Crippen LogP contribution in [0.5, 0.6) is 0 Å². The Bertz CT molecular complexity index is 452. The smallest absolute Gasteiger partial charge is 0.191 e. The Balaban J connectivity index is 2.01. The van der Waals surface area contributed by atoms with Crippen molar-refractivity contribution < 1.29 is 0 Å². The van der Waals surface area contributed by atoms with E-state index in [2.05, 4.69) is 41.4 Å². The average molecular weight is 308 g/mol. The van der Waals surface area contributed by atoms with Crippen LogP contribution in [-0.2, 0) is 0 Å². The molecule has 0 aliphatic heterocycles. The molecule has 0 spiro atoms. The largest absolute Gasteiger partial charge is 0.370 e. The van der Waals surface area contributed by atoms with Crippen LogP contribution in [0.3, 0.4) is 0 Å². The first-order valence-electron chi connectivity index (χ1n) is 7.96. The molecule has 2 N–H and O–H groups in total. The molecule has 21 heavy (non-hydrogen) atoms. The summed E-state index contributed by atoms with van der Waals surface area (Å²) in [6, 6.07) is 2.58. The van der Waals surface area contributed by atoms with Gasteiger partial charge in [0.1, 0.15) is 11.6 Å². The van der Waals surface area contributed by atoms with E-state index < -0.39 is 0 Å². The first-order chi connectivity index (χ1) is 10.0. The first-order valence-corrected chi connectivity index (χ1v) is 9.18. The van der Waals surface area contributed by atoms with Gasteiger partial charge in [0.2, 0.25) is 0 Å². The molecule has 0 radical (unpaired) electrons. The third-order valence-corrected chi connectivity index (χ3v) is 4.68. The maximum atomic E-state index is 4.59. The highest BCUT2D eigenvalue weighted by Gasteiger charge is 2.26. The van der Waals surface area contributed by atoms with E-state index in [-0.39, 0.29) is 0 Å². The molecule has 0 saturated heterocycles. The summed E-state index contributed by atoms with van der Waals surface area (Å²) in [4.78, 5) is 9.10.